The maximum absolute atomic E-state index is 12.0. The second-order valence-electron chi connectivity index (χ2n) is 6.16. The van der Waals surface area contributed by atoms with Gasteiger partial charge in [0.05, 0.1) is 0 Å². The van der Waals surface area contributed by atoms with Gasteiger partial charge in [-0.2, -0.15) is 0 Å². The van der Waals surface area contributed by atoms with Gasteiger partial charge in [0.15, 0.2) is 0 Å². The van der Waals surface area contributed by atoms with Crippen LogP contribution in [-0.2, 0) is 9.59 Å². The fraction of sp³-hybridized carbons (Fsp3) is 0.882. The Morgan fingerprint density at radius 1 is 1.05 bits per heavy atom. The molecule has 0 radical (unpaired) electrons. The van der Waals surface area contributed by atoms with Crippen LogP contribution >= 0.6 is 0 Å². The zero-order valence-corrected chi connectivity index (χ0v) is 16.5. The van der Waals surface area contributed by atoms with Crippen molar-refractivity contribution in [3.63, 3.8) is 0 Å². The van der Waals surface area contributed by atoms with Crippen LogP contribution in [0.5, 0.6) is 0 Å². The molecule has 0 spiro atoms. The first-order valence-corrected chi connectivity index (χ1v) is 8.69. The van der Waals surface area contributed by atoms with Crippen LogP contribution in [0.3, 0.4) is 0 Å². The molecule has 1 heterocycles. The van der Waals surface area contributed by atoms with Gasteiger partial charge in [-0.3, -0.25) is 4.79 Å². The maximum atomic E-state index is 12.0. The van der Waals surface area contributed by atoms with Crippen LogP contribution in [0.15, 0.2) is 0 Å². The number of amides is 1. The van der Waals surface area contributed by atoms with Crippen molar-refractivity contribution < 1.29 is 45.7 Å². The Hall–Kier alpha value is -0.0600. The zero-order valence-electron chi connectivity index (χ0n) is 15.5. The molecule has 0 unspecified atom stereocenters. The van der Waals surface area contributed by atoms with E-state index in [1.807, 2.05) is 0 Å². The molecule has 0 bridgehead atoms. The largest absolute Gasteiger partial charge is 1.00 e. The molecule has 0 aromatic carbocycles. The van der Waals surface area contributed by atoms with Crippen molar-refractivity contribution >= 4 is 11.9 Å². The second-order valence-corrected chi connectivity index (χ2v) is 6.16. The molecule has 1 fully saturated rings. The van der Waals surface area contributed by atoms with Gasteiger partial charge in [-0.1, -0.05) is 58.3 Å². The van der Waals surface area contributed by atoms with Crippen molar-refractivity contribution in [2.45, 2.75) is 90.0 Å². The van der Waals surface area contributed by atoms with E-state index in [4.69, 9.17) is 5.11 Å². The van der Waals surface area contributed by atoms with Gasteiger partial charge in [0, 0.05) is 13.0 Å². The summed E-state index contributed by atoms with van der Waals surface area (Å²) in [5.41, 5.74) is 0. The van der Waals surface area contributed by atoms with Crippen molar-refractivity contribution in [1.29, 1.82) is 0 Å². The maximum Gasteiger partial charge on any atom is 1.00 e. The number of likely N-dealkylation sites (tertiary alicyclic amines) is 1. The van der Waals surface area contributed by atoms with Gasteiger partial charge in [-0.05, 0) is 19.3 Å². The van der Waals surface area contributed by atoms with E-state index in [0.717, 1.165) is 19.3 Å². The van der Waals surface area contributed by atoms with Crippen LogP contribution in [0.1, 0.15) is 85.4 Å². The first-order valence-electron chi connectivity index (χ1n) is 8.69. The van der Waals surface area contributed by atoms with Crippen LogP contribution in [0.25, 0.3) is 0 Å². The summed E-state index contributed by atoms with van der Waals surface area (Å²) in [6, 6.07) is -0.573. The van der Waals surface area contributed by atoms with Gasteiger partial charge in [0.2, 0.25) is 5.91 Å². The molecule has 1 atom stereocenters. The third-order valence-corrected chi connectivity index (χ3v) is 4.35. The SMILES string of the molecule is CCCCCCCCCCCC(=O)N1CCC[C@@H]1C(=O)O.[H-].[Na+]. The Balaban J connectivity index is 0. The smallest absolute Gasteiger partial charge is 1.00 e. The summed E-state index contributed by atoms with van der Waals surface area (Å²) >= 11 is 0. The molecule has 1 rings (SSSR count). The Labute approximate surface area is 158 Å². The van der Waals surface area contributed by atoms with Gasteiger partial charge in [-0.15, -0.1) is 0 Å². The number of aliphatic carboxylic acids is 1. The van der Waals surface area contributed by atoms with E-state index in [1.165, 1.54) is 44.9 Å². The number of hydrogen-bond donors (Lipinski definition) is 1. The molecule has 1 saturated heterocycles. The summed E-state index contributed by atoms with van der Waals surface area (Å²) < 4.78 is 0. The molecule has 0 aromatic heterocycles. The first-order chi connectivity index (χ1) is 10.2. The summed E-state index contributed by atoms with van der Waals surface area (Å²) in [5, 5.41) is 9.07. The molecule has 1 amide bonds. The number of carbonyl (C=O) groups is 2. The topological polar surface area (TPSA) is 57.6 Å². The molecule has 124 valence electrons. The summed E-state index contributed by atoms with van der Waals surface area (Å²) in [6.07, 6.45) is 13.0. The fourth-order valence-corrected chi connectivity index (χ4v) is 3.05. The van der Waals surface area contributed by atoms with Crippen molar-refractivity contribution in [3.05, 3.63) is 0 Å². The summed E-state index contributed by atoms with van der Waals surface area (Å²) in [5.74, 6) is -0.823. The van der Waals surface area contributed by atoms with E-state index in [2.05, 4.69) is 6.92 Å². The summed E-state index contributed by atoms with van der Waals surface area (Å²) in [7, 11) is 0. The van der Waals surface area contributed by atoms with E-state index >= 15 is 0 Å². The van der Waals surface area contributed by atoms with Crippen LogP contribution in [0, 0.1) is 0 Å². The van der Waals surface area contributed by atoms with Crippen LogP contribution in [0.4, 0.5) is 0 Å². The number of unbranched alkanes of at least 4 members (excludes halogenated alkanes) is 8. The Morgan fingerprint density at radius 2 is 1.59 bits per heavy atom. The van der Waals surface area contributed by atoms with Crippen molar-refractivity contribution in [1.82, 2.24) is 4.90 Å². The van der Waals surface area contributed by atoms with Crippen LogP contribution in [-0.4, -0.2) is 34.5 Å². The molecule has 1 aliphatic rings. The quantitative estimate of drug-likeness (QED) is 0.458. The standard InChI is InChI=1S/C17H31NO3.Na.H/c1-2-3-4-5-6-7-8-9-10-13-16(19)18-14-11-12-15(18)17(20)21;;/h15H,2-14H2,1H3,(H,20,21);;/q;+1;-1/t15-;;/m1../s1. The number of rotatable bonds is 11. The molecular formula is C17H32NNaO3. The van der Waals surface area contributed by atoms with Crippen molar-refractivity contribution in [2.24, 2.45) is 0 Å². The predicted molar refractivity (Wildman–Crippen MR) is 85.3 cm³/mol. The average molecular weight is 321 g/mol. The van der Waals surface area contributed by atoms with E-state index in [0.29, 0.717) is 19.4 Å². The summed E-state index contributed by atoms with van der Waals surface area (Å²) in [4.78, 5) is 24.6. The van der Waals surface area contributed by atoms with E-state index in [9.17, 15) is 9.59 Å². The van der Waals surface area contributed by atoms with Crippen molar-refractivity contribution in [2.75, 3.05) is 6.54 Å². The second kappa shape index (κ2) is 13.4. The summed E-state index contributed by atoms with van der Waals surface area (Å²) in [6.45, 7) is 2.85. The van der Waals surface area contributed by atoms with Gasteiger partial charge in [-0.25, -0.2) is 4.79 Å². The molecule has 1 aliphatic heterocycles. The van der Waals surface area contributed by atoms with Gasteiger partial charge >= 0.3 is 35.5 Å². The van der Waals surface area contributed by atoms with Gasteiger partial charge in [0.25, 0.3) is 0 Å². The normalized spacial score (nSPS) is 17.3. The Bertz CT molecular complexity index is 329. The molecule has 1 N–H and O–H groups in total. The first kappa shape index (κ1) is 21.9. The molecule has 22 heavy (non-hydrogen) atoms. The number of hydrogen-bond acceptors (Lipinski definition) is 2. The Kier molecular flexibility index (Phi) is 13.3. The van der Waals surface area contributed by atoms with Crippen LogP contribution < -0.4 is 29.6 Å². The average Bonchev–Trinajstić information content (AvgIpc) is 2.95. The number of carboxylic acids is 1. The fourth-order valence-electron chi connectivity index (χ4n) is 3.05. The minimum Gasteiger partial charge on any atom is -1.00 e. The molecule has 5 heteroatoms. The number of carbonyl (C=O) groups excluding carboxylic acids is 1. The zero-order chi connectivity index (χ0) is 15.5. The van der Waals surface area contributed by atoms with Crippen LogP contribution in [0.2, 0.25) is 0 Å². The Morgan fingerprint density at radius 3 is 2.14 bits per heavy atom. The van der Waals surface area contributed by atoms with E-state index < -0.39 is 12.0 Å². The molecule has 0 aromatic rings. The van der Waals surface area contributed by atoms with Gasteiger partial charge < -0.3 is 11.4 Å². The third-order valence-electron chi connectivity index (χ3n) is 4.35. The van der Waals surface area contributed by atoms with E-state index in [1.54, 1.807) is 4.90 Å². The van der Waals surface area contributed by atoms with Gasteiger partial charge in [0.1, 0.15) is 6.04 Å². The molecule has 0 saturated carbocycles. The van der Waals surface area contributed by atoms with Crippen molar-refractivity contribution in [3.8, 4) is 0 Å². The minimum atomic E-state index is -0.854. The molecule has 0 aliphatic carbocycles. The van der Waals surface area contributed by atoms with E-state index in [-0.39, 0.29) is 36.9 Å². The molecule has 4 nitrogen and oxygen atoms in total. The third kappa shape index (κ3) is 8.54. The monoisotopic (exact) mass is 321 g/mol. The number of carboxylic acid groups (broad SMARTS) is 1. The molecular weight excluding hydrogens is 289 g/mol. The minimum absolute atomic E-state index is 0. The predicted octanol–water partition coefficient (Wildman–Crippen LogP) is 1.10. The number of nitrogens with zero attached hydrogens (tertiary/aromatic N) is 1.